The highest BCUT2D eigenvalue weighted by atomic mass is 16.5. The fraction of sp³-hybridized carbons (Fsp3) is 0.211. The maximum absolute atomic E-state index is 12.4. The molecule has 0 saturated carbocycles. The summed E-state index contributed by atoms with van der Waals surface area (Å²) in [5.41, 5.74) is 4.92. The van der Waals surface area contributed by atoms with Crippen molar-refractivity contribution in [1.82, 2.24) is 14.8 Å². The van der Waals surface area contributed by atoms with Crippen LogP contribution in [0.1, 0.15) is 16.8 Å². The topological polar surface area (TPSA) is 57.0 Å². The van der Waals surface area contributed by atoms with E-state index in [0.29, 0.717) is 13.0 Å². The summed E-state index contributed by atoms with van der Waals surface area (Å²) >= 11 is 0. The SMILES string of the molecule is Cc1ccc2c(c1)-c1c(cnn1CC(=O)Cc1ccccn1)CO2. The highest BCUT2D eigenvalue weighted by Crippen LogP contribution is 2.37. The fourth-order valence-corrected chi connectivity index (χ4v) is 3.00. The molecule has 0 fully saturated rings. The van der Waals surface area contributed by atoms with Gasteiger partial charge in [0.2, 0.25) is 0 Å². The molecule has 3 aromatic rings. The third-order valence-electron chi connectivity index (χ3n) is 4.12. The molecular formula is C19H17N3O2. The van der Waals surface area contributed by atoms with Gasteiger partial charge in [-0.25, -0.2) is 0 Å². The Kier molecular flexibility index (Phi) is 3.61. The Morgan fingerprint density at radius 1 is 1.29 bits per heavy atom. The minimum absolute atomic E-state index is 0.0836. The molecule has 0 radical (unpaired) electrons. The monoisotopic (exact) mass is 319 g/mol. The first kappa shape index (κ1) is 14.6. The van der Waals surface area contributed by atoms with Gasteiger partial charge in [-0.1, -0.05) is 17.7 Å². The standard InChI is InChI=1S/C19H17N3O2/c1-13-5-6-18-17(8-13)19-14(12-24-18)10-21-22(19)11-16(23)9-15-4-2-3-7-20-15/h2-8,10H,9,11-12H2,1H3. The molecule has 0 unspecified atom stereocenters. The first-order chi connectivity index (χ1) is 11.7. The largest absolute Gasteiger partial charge is 0.488 e. The fourth-order valence-electron chi connectivity index (χ4n) is 3.00. The number of aryl methyl sites for hydroxylation is 1. The van der Waals surface area contributed by atoms with Gasteiger partial charge in [-0.05, 0) is 31.2 Å². The quantitative estimate of drug-likeness (QED) is 0.742. The number of ether oxygens (including phenoxy) is 1. The van der Waals surface area contributed by atoms with Crippen LogP contribution in [0, 0.1) is 6.92 Å². The zero-order chi connectivity index (χ0) is 16.5. The normalized spacial score (nSPS) is 12.2. The van der Waals surface area contributed by atoms with Gasteiger partial charge in [0.25, 0.3) is 0 Å². The number of aromatic nitrogens is 3. The van der Waals surface area contributed by atoms with Crippen LogP contribution >= 0.6 is 0 Å². The van der Waals surface area contributed by atoms with Crippen LogP contribution in [0.15, 0.2) is 48.8 Å². The summed E-state index contributed by atoms with van der Waals surface area (Å²) in [5.74, 6) is 0.923. The van der Waals surface area contributed by atoms with Crippen molar-refractivity contribution in [2.24, 2.45) is 0 Å². The number of ketones is 1. The molecule has 5 nitrogen and oxygen atoms in total. The van der Waals surface area contributed by atoms with Gasteiger partial charge in [-0.15, -0.1) is 0 Å². The Balaban J connectivity index is 1.62. The lowest BCUT2D eigenvalue weighted by Gasteiger charge is -2.19. The predicted octanol–water partition coefficient (Wildman–Crippen LogP) is 2.96. The van der Waals surface area contributed by atoms with Crippen molar-refractivity contribution >= 4 is 5.78 Å². The van der Waals surface area contributed by atoms with E-state index in [0.717, 1.165) is 33.8 Å². The van der Waals surface area contributed by atoms with Gasteiger partial charge < -0.3 is 4.74 Å². The molecule has 3 heterocycles. The second kappa shape index (κ2) is 5.92. The van der Waals surface area contributed by atoms with E-state index in [9.17, 15) is 4.79 Å². The summed E-state index contributed by atoms with van der Waals surface area (Å²) < 4.78 is 7.55. The second-order valence-electron chi connectivity index (χ2n) is 6.00. The van der Waals surface area contributed by atoms with Crippen LogP contribution < -0.4 is 4.74 Å². The average molecular weight is 319 g/mol. The molecule has 0 amide bonds. The molecule has 120 valence electrons. The molecule has 0 spiro atoms. The van der Waals surface area contributed by atoms with Crippen LogP contribution in [0.5, 0.6) is 5.75 Å². The molecule has 0 aliphatic carbocycles. The number of carbonyl (C=O) groups is 1. The maximum Gasteiger partial charge on any atom is 0.160 e. The number of nitrogens with zero attached hydrogens (tertiary/aromatic N) is 3. The Morgan fingerprint density at radius 2 is 2.21 bits per heavy atom. The minimum atomic E-state index is 0.0836. The van der Waals surface area contributed by atoms with Crippen LogP contribution in [0.3, 0.4) is 0 Å². The highest BCUT2D eigenvalue weighted by Gasteiger charge is 2.23. The van der Waals surface area contributed by atoms with Crippen LogP contribution in [-0.2, 0) is 24.4 Å². The summed E-state index contributed by atoms with van der Waals surface area (Å²) in [7, 11) is 0. The predicted molar refractivity (Wildman–Crippen MR) is 89.7 cm³/mol. The van der Waals surface area contributed by atoms with Gasteiger partial charge in [-0.2, -0.15) is 5.10 Å². The zero-order valence-corrected chi connectivity index (χ0v) is 13.4. The van der Waals surface area contributed by atoms with Crippen LogP contribution in [0.4, 0.5) is 0 Å². The number of hydrogen-bond acceptors (Lipinski definition) is 4. The van der Waals surface area contributed by atoms with Gasteiger partial charge in [-0.3, -0.25) is 14.5 Å². The third-order valence-corrected chi connectivity index (χ3v) is 4.12. The summed E-state index contributed by atoms with van der Waals surface area (Å²) in [5, 5.41) is 4.40. The van der Waals surface area contributed by atoms with Crippen molar-refractivity contribution in [3.63, 3.8) is 0 Å². The highest BCUT2D eigenvalue weighted by molar-refractivity contribution is 5.81. The molecular weight excluding hydrogens is 302 g/mol. The minimum Gasteiger partial charge on any atom is -0.488 e. The van der Waals surface area contributed by atoms with E-state index in [4.69, 9.17) is 4.74 Å². The van der Waals surface area contributed by atoms with E-state index in [1.165, 1.54) is 0 Å². The molecule has 1 aliphatic rings. The summed E-state index contributed by atoms with van der Waals surface area (Å²) in [4.78, 5) is 16.6. The Bertz CT molecular complexity index is 900. The van der Waals surface area contributed by atoms with Crippen molar-refractivity contribution in [2.75, 3.05) is 0 Å². The van der Waals surface area contributed by atoms with Gasteiger partial charge in [0, 0.05) is 23.0 Å². The Labute approximate surface area is 139 Å². The lowest BCUT2D eigenvalue weighted by Crippen LogP contribution is -2.16. The summed E-state index contributed by atoms with van der Waals surface area (Å²) in [6.07, 6.45) is 3.80. The molecule has 4 rings (SSSR count). The van der Waals surface area contributed by atoms with E-state index < -0.39 is 0 Å². The first-order valence-electron chi connectivity index (χ1n) is 7.91. The number of hydrogen-bond donors (Lipinski definition) is 0. The molecule has 24 heavy (non-hydrogen) atoms. The van der Waals surface area contributed by atoms with Crippen molar-refractivity contribution in [2.45, 2.75) is 26.5 Å². The van der Waals surface area contributed by atoms with E-state index >= 15 is 0 Å². The number of Topliss-reactive ketones (excluding diaryl/α,β-unsaturated/α-hetero) is 1. The Hall–Kier alpha value is -2.95. The molecule has 0 bridgehead atoms. The molecule has 0 atom stereocenters. The summed E-state index contributed by atoms with van der Waals surface area (Å²) in [6.45, 7) is 2.76. The van der Waals surface area contributed by atoms with Crippen LogP contribution in [0.2, 0.25) is 0 Å². The molecule has 1 aliphatic heterocycles. The van der Waals surface area contributed by atoms with Gasteiger partial charge in [0.1, 0.15) is 18.9 Å². The third kappa shape index (κ3) is 2.69. The van der Waals surface area contributed by atoms with Gasteiger partial charge in [0.05, 0.1) is 18.3 Å². The summed E-state index contributed by atoms with van der Waals surface area (Å²) in [6, 6.07) is 11.7. The smallest absolute Gasteiger partial charge is 0.160 e. The number of fused-ring (bicyclic) bond motifs is 3. The molecule has 0 N–H and O–H groups in total. The molecule has 2 aromatic heterocycles. The van der Waals surface area contributed by atoms with Crippen molar-refractivity contribution in [3.05, 3.63) is 65.6 Å². The Morgan fingerprint density at radius 3 is 3.04 bits per heavy atom. The van der Waals surface area contributed by atoms with E-state index in [1.807, 2.05) is 37.3 Å². The zero-order valence-electron chi connectivity index (χ0n) is 13.4. The lowest BCUT2D eigenvalue weighted by atomic mass is 10.0. The second-order valence-corrected chi connectivity index (χ2v) is 6.00. The van der Waals surface area contributed by atoms with Crippen LogP contribution in [0.25, 0.3) is 11.3 Å². The average Bonchev–Trinajstić information content (AvgIpc) is 2.99. The number of carbonyl (C=O) groups excluding carboxylic acids is 1. The van der Waals surface area contributed by atoms with Crippen molar-refractivity contribution in [3.8, 4) is 17.0 Å². The molecule has 1 aromatic carbocycles. The maximum atomic E-state index is 12.4. The number of benzene rings is 1. The first-order valence-corrected chi connectivity index (χ1v) is 7.91. The lowest BCUT2D eigenvalue weighted by molar-refractivity contribution is -0.119. The van der Waals surface area contributed by atoms with E-state index in [-0.39, 0.29) is 12.3 Å². The van der Waals surface area contributed by atoms with Crippen LogP contribution in [-0.4, -0.2) is 20.5 Å². The van der Waals surface area contributed by atoms with Crippen molar-refractivity contribution in [1.29, 1.82) is 0 Å². The van der Waals surface area contributed by atoms with Gasteiger partial charge in [0.15, 0.2) is 5.78 Å². The molecule has 0 saturated heterocycles. The van der Waals surface area contributed by atoms with E-state index in [2.05, 4.69) is 16.1 Å². The van der Waals surface area contributed by atoms with E-state index in [1.54, 1.807) is 17.1 Å². The molecule has 5 heteroatoms. The van der Waals surface area contributed by atoms with Crippen molar-refractivity contribution < 1.29 is 9.53 Å². The number of pyridine rings is 1. The van der Waals surface area contributed by atoms with Gasteiger partial charge >= 0.3 is 0 Å². The number of rotatable bonds is 4.